The van der Waals surface area contributed by atoms with E-state index >= 15 is 0 Å². The van der Waals surface area contributed by atoms with Gasteiger partial charge in [0.15, 0.2) is 0 Å². The van der Waals surface area contributed by atoms with E-state index in [-0.39, 0.29) is 23.9 Å². The standard InChI is InChI=1S/C21H28O3.C16H34O2.C3H8/c1-21(2,24-15-9-12-18-10-5-3-6-11-18)16-19(22)17-23-20-13-7-4-8-14-20;1-12(2)15(5,6)9-10-18-16(7,8)13(3)11-14(4)17;1-3-2/h3-8,10-11,13-14,19,22H,9,12,15-17H2,1-2H3;12-14,17H,9-11H2,1-8H3;3H2,1-2H3. The molecule has 2 aromatic rings. The Morgan fingerprint density at radius 3 is 1.78 bits per heavy atom. The molecule has 45 heavy (non-hydrogen) atoms. The monoisotopic (exact) mass is 631 g/mol. The second kappa shape index (κ2) is 22.6. The van der Waals surface area contributed by atoms with Crippen LogP contribution in [0, 0.1) is 17.3 Å². The van der Waals surface area contributed by atoms with Crippen LogP contribution in [0.3, 0.4) is 0 Å². The zero-order valence-corrected chi connectivity index (χ0v) is 31.1. The van der Waals surface area contributed by atoms with Gasteiger partial charge in [0.25, 0.3) is 0 Å². The van der Waals surface area contributed by atoms with Gasteiger partial charge in [0.05, 0.1) is 23.4 Å². The largest absolute Gasteiger partial charge is 0.491 e. The van der Waals surface area contributed by atoms with E-state index in [9.17, 15) is 10.2 Å². The summed E-state index contributed by atoms with van der Waals surface area (Å²) in [5.74, 6) is 1.80. The van der Waals surface area contributed by atoms with Gasteiger partial charge >= 0.3 is 0 Å². The number of rotatable bonds is 18. The number of para-hydroxylation sites is 1. The lowest BCUT2D eigenvalue weighted by molar-refractivity contribution is -0.0754. The Morgan fingerprint density at radius 1 is 0.733 bits per heavy atom. The van der Waals surface area contributed by atoms with Crippen LogP contribution in [0.25, 0.3) is 0 Å². The van der Waals surface area contributed by atoms with Gasteiger partial charge in [-0.2, -0.15) is 0 Å². The highest BCUT2D eigenvalue weighted by Gasteiger charge is 2.29. The van der Waals surface area contributed by atoms with Crippen molar-refractivity contribution in [3.8, 4) is 5.75 Å². The molecule has 260 valence electrons. The smallest absolute Gasteiger partial charge is 0.119 e. The summed E-state index contributed by atoms with van der Waals surface area (Å²) in [6, 6.07) is 20.0. The van der Waals surface area contributed by atoms with Crippen molar-refractivity contribution in [3.05, 3.63) is 66.2 Å². The fraction of sp³-hybridized carbons (Fsp3) is 0.700. The number of benzene rings is 2. The molecule has 0 aliphatic rings. The van der Waals surface area contributed by atoms with Crippen LogP contribution in [-0.2, 0) is 15.9 Å². The van der Waals surface area contributed by atoms with Crippen LogP contribution in [-0.4, -0.2) is 53.4 Å². The molecule has 0 saturated heterocycles. The maximum Gasteiger partial charge on any atom is 0.119 e. The zero-order chi connectivity index (χ0) is 34.5. The first-order valence-corrected chi connectivity index (χ1v) is 17.3. The molecule has 5 nitrogen and oxygen atoms in total. The van der Waals surface area contributed by atoms with Crippen LogP contribution in [0.1, 0.15) is 121 Å². The molecule has 0 aromatic heterocycles. The van der Waals surface area contributed by atoms with Gasteiger partial charge in [-0.1, -0.05) is 103 Å². The molecule has 0 radical (unpaired) electrons. The van der Waals surface area contributed by atoms with Crippen LogP contribution in [0.15, 0.2) is 60.7 Å². The zero-order valence-electron chi connectivity index (χ0n) is 31.1. The normalized spacial score (nSPS) is 14.0. The number of aliphatic hydroxyl groups excluding tert-OH is 2. The van der Waals surface area contributed by atoms with Crippen molar-refractivity contribution in [2.75, 3.05) is 19.8 Å². The minimum absolute atomic E-state index is 0.163. The minimum atomic E-state index is -0.547. The second-order valence-corrected chi connectivity index (χ2v) is 14.7. The van der Waals surface area contributed by atoms with Crippen LogP contribution < -0.4 is 4.74 Å². The summed E-state index contributed by atoms with van der Waals surface area (Å²) in [5, 5.41) is 19.6. The maximum atomic E-state index is 10.2. The summed E-state index contributed by atoms with van der Waals surface area (Å²) in [7, 11) is 0. The van der Waals surface area contributed by atoms with E-state index in [1.54, 1.807) is 0 Å². The predicted octanol–water partition coefficient (Wildman–Crippen LogP) is 9.92. The first-order valence-electron chi connectivity index (χ1n) is 17.3. The summed E-state index contributed by atoms with van der Waals surface area (Å²) in [4.78, 5) is 0. The summed E-state index contributed by atoms with van der Waals surface area (Å²) in [6.07, 6.45) is 4.85. The van der Waals surface area contributed by atoms with E-state index in [0.29, 0.717) is 30.3 Å². The predicted molar refractivity (Wildman–Crippen MR) is 192 cm³/mol. The molecule has 0 bridgehead atoms. The first-order chi connectivity index (χ1) is 21.0. The highest BCUT2D eigenvalue weighted by atomic mass is 16.5. The molecule has 3 unspecified atom stereocenters. The number of aryl methyl sites for hydroxylation is 1. The molecule has 5 heteroatoms. The molecular formula is C40H70O5. The van der Waals surface area contributed by atoms with Crippen molar-refractivity contribution < 1.29 is 24.4 Å². The van der Waals surface area contributed by atoms with Crippen LogP contribution in [0.5, 0.6) is 5.75 Å². The van der Waals surface area contributed by atoms with Gasteiger partial charge in [-0.25, -0.2) is 0 Å². The summed E-state index contributed by atoms with van der Waals surface area (Å²) in [6.45, 7) is 27.4. The molecule has 2 N–H and O–H groups in total. The van der Waals surface area contributed by atoms with Crippen molar-refractivity contribution in [3.63, 3.8) is 0 Å². The van der Waals surface area contributed by atoms with Crippen molar-refractivity contribution in [2.24, 2.45) is 17.3 Å². The highest BCUT2D eigenvalue weighted by Crippen LogP contribution is 2.32. The van der Waals surface area contributed by atoms with Gasteiger partial charge in [-0.05, 0) is 95.2 Å². The van der Waals surface area contributed by atoms with E-state index in [1.807, 2.05) is 57.2 Å². The lowest BCUT2D eigenvalue weighted by Gasteiger charge is -2.35. The average Bonchev–Trinajstić information content (AvgIpc) is 2.95. The average molecular weight is 631 g/mol. The van der Waals surface area contributed by atoms with E-state index in [2.05, 4.69) is 86.6 Å². The highest BCUT2D eigenvalue weighted by molar-refractivity contribution is 5.20. The molecule has 0 heterocycles. The lowest BCUT2D eigenvalue weighted by Crippen LogP contribution is -2.36. The Kier molecular flexibility index (Phi) is 21.6. The molecule has 0 aliphatic carbocycles. The van der Waals surface area contributed by atoms with Crippen molar-refractivity contribution in [1.82, 2.24) is 0 Å². The van der Waals surface area contributed by atoms with E-state index in [1.165, 1.54) is 12.0 Å². The van der Waals surface area contributed by atoms with Gasteiger partial charge in [0.2, 0.25) is 0 Å². The molecule has 0 spiro atoms. The molecule has 2 rings (SSSR count). The topological polar surface area (TPSA) is 68.2 Å². The van der Waals surface area contributed by atoms with Gasteiger partial charge in [-0.3, -0.25) is 0 Å². The molecule has 0 aliphatic heterocycles. The Balaban J connectivity index is 0.000000822. The molecule has 0 amide bonds. The number of ether oxygens (including phenoxy) is 3. The summed E-state index contributed by atoms with van der Waals surface area (Å²) >= 11 is 0. The van der Waals surface area contributed by atoms with Crippen molar-refractivity contribution in [1.29, 1.82) is 0 Å². The maximum absolute atomic E-state index is 10.2. The molecule has 3 atom stereocenters. The van der Waals surface area contributed by atoms with Gasteiger partial charge in [-0.15, -0.1) is 0 Å². The van der Waals surface area contributed by atoms with Gasteiger partial charge < -0.3 is 24.4 Å². The molecular weight excluding hydrogens is 560 g/mol. The van der Waals surface area contributed by atoms with Crippen LogP contribution in [0.2, 0.25) is 0 Å². The SMILES string of the molecule is CC(C)(CC(O)COc1ccccc1)OCCCc1ccccc1.CC(O)CC(C)C(C)(C)OCCC(C)(C)C(C)C.CCC. The van der Waals surface area contributed by atoms with Crippen molar-refractivity contribution >= 4 is 0 Å². The molecule has 0 saturated carbocycles. The minimum Gasteiger partial charge on any atom is -0.491 e. The molecule has 0 fully saturated rings. The fourth-order valence-electron chi connectivity index (χ4n) is 4.47. The van der Waals surface area contributed by atoms with Crippen LogP contribution >= 0.6 is 0 Å². The first kappa shape index (κ1) is 43.1. The lowest BCUT2D eigenvalue weighted by atomic mass is 9.78. The van der Waals surface area contributed by atoms with Crippen LogP contribution in [0.4, 0.5) is 0 Å². The Hall–Kier alpha value is -1.92. The van der Waals surface area contributed by atoms with Gasteiger partial charge in [0, 0.05) is 19.6 Å². The third-order valence-electron chi connectivity index (χ3n) is 8.52. The fourth-order valence-corrected chi connectivity index (χ4v) is 4.47. The Bertz CT molecular complexity index is 953. The molecule has 2 aromatic carbocycles. The van der Waals surface area contributed by atoms with E-state index in [4.69, 9.17) is 14.2 Å². The quantitative estimate of drug-likeness (QED) is 0.161. The number of hydrogen-bond donors (Lipinski definition) is 2. The Morgan fingerprint density at radius 2 is 1.27 bits per heavy atom. The second-order valence-electron chi connectivity index (χ2n) is 14.7. The number of aliphatic hydroxyl groups is 2. The summed E-state index contributed by atoms with van der Waals surface area (Å²) in [5.41, 5.74) is 1.12. The van der Waals surface area contributed by atoms with Crippen molar-refractivity contribution in [2.45, 2.75) is 145 Å². The van der Waals surface area contributed by atoms with E-state index in [0.717, 1.165) is 38.0 Å². The van der Waals surface area contributed by atoms with Gasteiger partial charge in [0.1, 0.15) is 12.4 Å². The number of hydrogen-bond acceptors (Lipinski definition) is 5. The summed E-state index contributed by atoms with van der Waals surface area (Å²) < 4.78 is 17.6. The Labute approximate surface area is 278 Å². The third kappa shape index (κ3) is 21.5. The van der Waals surface area contributed by atoms with E-state index < -0.39 is 6.10 Å². The third-order valence-corrected chi connectivity index (χ3v) is 8.52.